The van der Waals surface area contributed by atoms with Gasteiger partial charge in [0.2, 0.25) is 5.88 Å². The highest BCUT2D eigenvalue weighted by atomic mass is 16.5. The van der Waals surface area contributed by atoms with Crippen LogP contribution in [-0.4, -0.2) is 57.9 Å². The fourth-order valence-corrected chi connectivity index (χ4v) is 5.51. The van der Waals surface area contributed by atoms with Gasteiger partial charge in [0.05, 0.1) is 59.4 Å². The van der Waals surface area contributed by atoms with E-state index >= 15 is 0 Å². The molecular weight excluding hydrogens is 532 g/mol. The highest BCUT2D eigenvalue weighted by molar-refractivity contribution is 5.92. The summed E-state index contributed by atoms with van der Waals surface area (Å²) in [7, 11) is 0. The number of carboxylic acids is 1. The molecule has 0 amide bonds. The molecule has 0 saturated carbocycles. The average molecular weight is 565 g/mol. The van der Waals surface area contributed by atoms with Gasteiger partial charge in [-0.15, -0.1) is 5.10 Å². The number of fused-ring (bicyclic) bond motifs is 1. The number of aromatic carboxylic acids is 1. The van der Waals surface area contributed by atoms with Crippen molar-refractivity contribution in [3.63, 3.8) is 0 Å². The molecule has 11 heteroatoms. The molecule has 0 unspecified atom stereocenters. The number of carboxylic acid groups (broad SMARTS) is 1. The molecule has 11 nitrogen and oxygen atoms in total. The van der Waals surface area contributed by atoms with E-state index in [0.29, 0.717) is 31.1 Å². The zero-order valence-corrected chi connectivity index (χ0v) is 23.4. The SMILES string of the molecule is CCn1cncc1Cn1c(CN2CCC(n3ccc(OCc4ccc(C#N)cc4)n3)CC2)nc2ccc(C(=O)O)cc21. The second-order valence-corrected chi connectivity index (χ2v) is 10.5. The van der Waals surface area contributed by atoms with E-state index in [1.807, 2.05) is 41.6 Å². The molecule has 1 N–H and O–H groups in total. The zero-order valence-electron chi connectivity index (χ0n) is 23.4. The van der Waals surface area contributed by atoms with Gasteiger partial charge < -0.3 is 19.0 Å². The Balaban J connectivity index is 1.12. The summed E-state index contributed by atoms with van der Waals surface area (Å²) in [6, 6.07) is 16.8. The maximum absolute atomic E-state index is 11.7. The fraction of sp³-hybridized carbons (Fsp3) is 0.323. The molecule has 0 spiro atoms. The molecule has 214 valence electrons. The Labute approximate surface area is 243 Å². The predicted octanol–water partition coefficient (Wildman–Crippen LogP) is 4.48. The molecule has 1 saturated heterocycles. The summed E-state index contributed by atoms with van der Waals surface area (Å²) in [6.07, 6.45) is 7.55. The van der Waals surface area contributed by atoms with Crippen molar-refractivity contribution in [2.75, 3.05) is 13.1 Å². The van der Waals surface area contributed by atoms with Crippen molar-refractivity contribution in [3.8, 4) is 11.9 Å². The Morgan fingerprint density at radius 2 is 1.93 bits per heavy atom. The molecule has 2 aromatic carbocycles. The molecule has 0 aliphatic carbocycles. The molecule has 5 aromatic rings. The quantitative estimate of drug-likeness (QED) is 0.263. The minimum atomic E-state index is -0.951. The Kier molecular flexibility index (Phi) is 7.70. The van der Waals surface area contributed by atoms with Crippen LogP contribution in [-0.2, 0) is 26.2 Å². The Morgan fingerprint density at radius 3 is 2.67 bits per heavy atom. The van der Waals surface area contributed by atoms with E-state index in [2.05, 4.69) is 37.1 Å². The highest BCUT2D eigenvalue weighted by Gasteiger charge is 2.24. The van der Waals surface area contributed by atoms with Crippen molar-refractivity contribution < 1.29 is 14.6 Å². The van der Waals surface area contributed by atoms with Crippen LogP contribution in [0.15, 0.2) is 67.3 Å². The van der Waals surface area contributed by atoms with Gasteiger partial charge in [-0.25, -0.2) is 14.8 Å². The summed E-state index contributed by atoms with van der Waals surface area (Å²) in [4.78, 5) is 23.3. The Morgan fingerprint density at radius 1 is 1.12 bits per heavy atom. The number of likely N-dealkylation sites (tertiary alicyclic amines) is 1. The number of hydrogen-bond donors (Lipinski definition) is 1. The van der Waals surface area contributed by atoms with Crippen LogP contribution in [0.3, 0.4) is 0 Å². The lowest BCUT2D eigenvalue weighted by atomic mass is 10.1. The van der Waals surface area contributed by atoms with E-state index in [9.17, 15) is 9.90 Å². The van der Waals surface area contributed by atoms with Gasteiger partial charge in [0.25, 0.3) is 0 Å². The lowest BCUT2D eigenvalue weighted by molar-refractivity contribution is 0.0697. The summed E-state index contributed by atoms with van der Waals surface area (Å²) in [5.41, 5.74) is 4.52. The van der Waals surface area contributed by atoms with Gasteiger partial charge in [-0.2, -0.15) is 5.26 Å². The molecule has 6 rings (SSSR count). The van der Waals surface area contributed by atoms with Crippen LogP contribution in [0.5, 0.6) is 5.88 Å². The standard InChI is InChI=1S/C31H32N8O3/c1-2-37-21-33-17-26(37)18-38-28-15-24(31(40)41)7-8-27(28)34-29(38)19-36-12-9-25(10-13-36)39-14-11-30(35-39)42-20-23-5-3-22(16-32)4-6-23/h3-8,11,14-15,17,21,25H,2,9-10,12-13,18-20H2,1H3,(H,40,41). The molecule has 0 radical (unpaired) electrons. The number of hydrogen-bond acceptors (Lipinski definition) is 7. The number of rotatable bonds is 10. The van der Waals surface area contributed by atoms with Gasteiger partial charge >= 0.3 is 5.97 Å². The van der Waals surface area contributed by atoms with Gasteiger partial charge in [0, 0.05) is 38.1 Å². The van der Waals surface area contributed by atoms with Crippen molar-refractivity contribution >= 4 is 17.0 Å². The highest BCUT2D eigenvalue weighted by Crippen LogP contribution is 2.26. The molecule has 1 aliphatic rings. The van der Waals surface area contributed by atoms with Crippen LogP contribution < -0.4 is 4.74 Å². The lowest BCUT2D eigenvalue weighted by Crippen LogP contribution is -2.35. The van der Waals surface area contributed by atoms with Gasteiger partial charge in [-0.05, 0) is 55.7 Å². The first-order valence-electron chi connectivity index (χ1n) is 14.1. The number of benzene rings is 2. The second-order valence-electron chi connectivity index (χ2n) is 10.5. The molecule has 1 aliphatic heterocycles. The molecule has 1 fully saturated rings. The summed E-state index contributed by atoms with van der Waals surface area (Å²) in [6.45, 7) is 6.30. The smallest absolute Gasteiger partial charge is 0.335 e. The largest absolute Gasteiger partial charge is 0.478 e. The van der Waals surface area contributed by atoms with Crippen LogP contribution in [0.2, 0.25) is 0 Å². The first kappa shape index (κ1) is 27.2. The summed E-state index contributed by atoms with van der Waals surface area (Å²) in [5, 5.41) is 23.2. The number of nitriles is 1. The number of piperidine rings is 1. The van der Waals surface area contributed by atoms with Crippen molar-refractivity contribution in [1.82, 2.24) is 33.8 Å². The van der Waals surface area contributed by atoms with Crippen molar-refractivity contribution in [3.05, 3.63) is 95.5 Å². The van der Waals surface area contributed by atoms with Crippen LogP contribution >= 0.6 is 0 Å². The van der Waals surface area contributed by atoms with Gasteiger partial charge in [0.1, 0.15) is 12.4 Å². The third-order valence-corrected chi connectivity index (χ3v) is 7.88. The van der Waals surface area contributed by atoms with Gasteiger partial charge in [-0.3, -0.25) is 9.58 Å². The number of imidazole rings is 2. The maximum atomic E-state index is 11.7. The lowest BCUT2D eigenvalue weighted by Gasteiger charge is -2.31. The van der Waals surface area contributed by atoms with Crippen LogP contribution in [0.25, 0.3) is 11.0 Å². The Hall–Kier alpha value is -4.95. The van der Waals surface area contributed by atoms with Crippen molar-refractivity contribution in [2.24, 2.45) is 0 Å². The van der Waals surface area contributed by atoms with E-state index in [1.165, 1.54) is 0 Å². The molecule has 4 heterocycles. The summed E-state index contributed by atoms with van der Waals surface area (Å²) < 4.78 is 12.1. The zero-order chi connectivity index (χ0) is 29.1. The molecule has 42 heavy (non-hydrogen) atoms. The molecule has 0 atom stereocenters. The van der Waals surface area contributed by atoms with Gasteiger partial charge in [-0.1, -0.05) is 12.1 Å². The third kappa shape index (κ3) is 5.75. The van der Waals surface area contributed by atoms with E-state index in [-0.39, 0.29) is 11.6 Å². The van der Waals surface area contributed by atoms with Crippen LogP contribution in [0.1, 0.15) is 58.8 Å². The van der Waals surface area contributed by atoms with Crippen molar-refractivity contribution in [2.45, 2.75) is 52.0 Å². The normalized spacial score (nSPS) is 14.3. The minimum absolute atomic E-state index is 0.250. The Bertz CT molecular complexity index is 1740. The maximum Gasteiger partial charge on any atom is 0.335 e. The van der Waals surface area contributed by atoms with Crippen molar-refractivity contribution in [1.29, 1.82) is 5.26 Å². The number of ether oxygens (including phenoxy) is 1. The molecule has 3 aromatic heterocycles. The number of aryl methyl sites for hydroxylation is 1. The first-order valence-corrected chi connectivity index (χ1v) is 14.1. The van der Waals surface area contributed by atoms with E-state index < -0.39 is 5.97 Å². The van der Waals surface area contributed by atoms with Gasteiger partial charge in [0.15, 0.2) is 0 Å². The molecule has 0 bridgehead atoms. The average Bonchev–Trinajstić information content (AvgIpc) is 3.76. The molecular formula is C31H32N8O3. The number of aromatic nitrogens is 6. The third-order valence-electron chi connectivity index (χ3n) is 7.88. The number of nitrogens with zero attached hydrogens (tertiary/aromatic N) is 8. The fourth-order valence-electron chi connectivity index (χ4n) is 5.51. The minimum Gasteiger partial charge on any atom is -0.478 e. The first-order chi connectivity index (χ1) is 20.5. The van der Waals surface area contributed by atoms with Crippen LogP contribution in [0.4, 0.5) is 0 Å². The van der Waals surface area contributed by atoms with E-state index in [1.54, 1.807) is 30.3 Å². The topological polar surface area (TPSA) is 127 Å². The predicted molar refractivity (Wildman–Crippen MR) is 155 cm³/mol. The summed E-state index contributed by atoms with van der Waals surface area (Å²) >= 11 is 0. The second kappa shape index (κ2) is 11.9. The summed E-state index contributed by atoms with van der Waals surface area (Å²) in [5.74, 6) is 0.545. The van der Waals surface area contributed by atoms with E-state index in [0.717, 1.165) is 60.6 Å². The monoisotopic (exact) mass is 564 g/mol. The van der Waals surface area contributed by atoms with E-state index in [4.69, 9.17) is 15.0 Å². The number of carbonyl (C=O) groups is 1. The van der Waals surface area contributed by atoms with Crippen LogP contribution in [0, 0.1) is 11.3 Å².